The number of benzene rings is 1. The van der Waals surface area contributed by atoms with Crippen LogP contribution in [0, 0.1) is 0 Å². The number of imide groups is 1. The second kappa shape index (κ2) is 5.68. The Morgan fingerprint density at radius 3 is 2.78 bits per heavy atom. The third kappa shape index (κ3) is 2.93. The molecule has 0 radical (unpaired) electrons. The Hall–Kier alpha value is -2.37. The Bertz CT molecular complexity index is 669. The van der Waals surface area contributed by atoms with Gasteiger partial charge in [0.2, 0.25) is 5.91 Å². The number of hydrogen-bond donors (Lipinski definition) is 2. The predicted octanol–water partition coefficient (Wildman–Crippen LogP) is 1.51. The minimum absolute atomic E-state index is 0.0544. The molecule has 1 saturated heterocycles. The van der Waals surface area contributed by atoms with Crippen LogP contribution >= 0.6 is 0 Å². The van der Waals surface area contributed by atoms with Gasteiger partial charge in [0.15, 0.2) is 0 Å². The fraction of sp³-hybridized carbons (Fsp3) is 0.471. The molecule has 23 heavy (non-hydrogen) atoms. The number of aryl methyl sites for hydroxylation is 1. The molecule has 6 nitrogen and oxygen atoms in total. The highest BCUT2D eigenvalue weighted by Gasteiger charge is 2.45. The molecule has 0 aromatic heterocycles. The maximum atomic E-state index is 12.3. The number of carbonyl (C=O) groups excluding carboxylic acids is 3. The van der Waals surface area contributed by atoms with E-state index in [4.69, 9.17) is 0 Å². The maximum absolute atomic E-state index is 12.3. The van der Waals surface area contributed by atoms with Crippen LogP contribution in [0.1, 0.15) is 43.9 Å². The number of rotatable bonds is 3. The van der Waals surface area contributed by atoms with E-state index in [0.717, 1.165) is 29.7 Å². The van der Waals surface area contributed by atoms with E-state index in [-0.39, 0.29) is 24.4 Å². The average molecular weight is 315 g/mol. The van der Waals surface area contributed by atoms with E-state index in [1.807, 2.05) is 18.2 Å². The lowest BCUT2D eigenvalue weighted by atomic mass is 9.88. The molecule has 1 aromatic rings. The molecule has 4 amide bonds. The number of nitrogens with one attached hydrogen (secondary N) is 2. The van der Waals surface area contributed by atoms with Crippen LogP contribution in [0.3, 0.4) is 0 Å². The molecule has 1 aliphatic carbocycles. The lowest BCUT2D eigenvalue weighted by Gasteiger charge is -2.27. The summed E-state index contributed by atoms with van der Waals surface area (Å²) in [5.41, 5.74) is 1.43. The molecule has 2 N–H and O–H groups in total. The Morgan fingerprint density at radius 1 is 1.35 bits per heavy atom. The van der Waals surface area contributed by atoms with Crippen molar-refractivity contribution in [3.05, 3.63) is 35.4 Å². The minimum Gasteiger partial charge on any atom is -0.348 e. The molecule has 1 atom stereocenters. The number of amides is 4. The largest absolute Gasteiger partial charge is 0.348 e. The lowest BCUT2D eigenvalue weighted by Crippen LogP contribution is -2.44. The first kappa shape index (κ1) is 15.5. The van der Waals surface area contributed by atoms with Gasteiger partial charge in [-0.3, -0.25) is 14.5 Å². The summed E-state index contributed by atoms with van der Waals surface area (Å²) in [5.74, 6) is -0.686. The number of carbonyl (C=O) groups is 3. The first-order valence-corrected chi connectivity index (χ1v) is 7.90. The standard InChI is InChI=1S/C17H21N3O3/c1-17(2)15(22)20(16(23)19-17)10-14(21)18-13-9-5-7-11-6-3-4-8-12(11)13/h3-4,6,8,13H,5,7,9-10H2,1-2H3,(H,18,21)(H,19,23)/t13-/m0/s1. The third-order valence-corrected chi connectivity index (χ3v) is 4.45. The zero-order valence-electron chi connectivity index (χ0n) is 13.4. The smallest absolute Gasteiger partial charge is 0.325 e. The summed E-state index contributed by atoms with van der Waals surface area (Å²) in [6.07, 6.45) is 2.90. The van der Waals surface area contributed by atoms with Crippen molar-refractivity contribution >= 4 is 17.8 Å². The van der Waals surface area contributed by atoms with E-state index in [1.165, 1.54) is 5.56 Å². The number of nitrogens with zero attached hydrogens (tertiary/aromatic N) is 1. The summed E-state index contributed by atoms with van der Waals surface area (Å²) in [5, 5.41) is 5.53. The van der Waals surface area contributed by atoms with Crippen LogP contribution in [0.5, 0.6) is 0 Å². The molecule has 0 bridgehead atoms. The first-order valence-electron chi connectivity index (χ1n) is 7.90. The quantitative estimate of drug-likeness (QED) is 0.830. The maximum Gasteiger partial charge on any atom is 0.325 e. The van der Waals surface area contributed by atoms with Gasteiger partial charge in [0.05, 0.1) is 6.04 Å². The molecule has 3 rings (SSSR count). The van der Waals surface area contributed by atoms with Crippen LogP contribution in [0.2, 0.25) is 0 Å². The van der Waals surface area contributed by atoms with Crippen LogP contribution in [0.4, 0.5) is 4.79 Å². The normalized spacial score (nSPS) is 22.5. The van der Waals surface area contributed by atoms with E-state index in [1.54, 1.807) is 13.8 Å². The van der Waals surface area contributed by atoms with Crippen LogP contribution in [-0.4, -0.2) is 34.8 Å². The average Bonchev–Trinajstić information content (AvgIpc) is 2.70. The Kier molecular flexibility index (Phi) is 3.83. The number of hydrogen-bond acceptors (Lipinski definition) is 3. The molecule has 0 saturated carbocycles. The zero-order valence-corrected chi connectivity index (χ0v) is 13.4. The molecule has 0 spiro atoms. The van der Waals surface area contributed by atoms with Crippen LogP contribution < -0.4 is 10.6 Å². The van der Waals surface area contributed by atoms with Crippen LogP contribution in [-0.2, 0) is 16.0 Å². The van der Waals surface area contributed by atoms with E-state index in [2.05, 4.69) is 16.7 Å². The summed E-state index contributed by atoms with van der Waals surface area (Å²) in [7, 11) is 0. The SMILES string of the molecule is CC1(C)NC(=O)N(CC(=O)N[C@H]2CCCc3ccccc32)C1=O. The van der Waals surface area contributed by atoms with Crippen molar-refractivity contribution in [1.29, 1.82) is 0 Å². The summed E-state index contributed by atoms with van der Waals surface area (Å²) < 4.78 is 0. The summed E-state index contributed by atoms with van der Waals surface area (Å²) in [4.78, 5) is 37.2. The van der Waals surface area contributed by atoms with Crippen molar-refractivity contribution in [2.45, 2.75) is 44.7 Å². The molecule has 1 heterocycles. The summed E-state index contributed by atoms with van der Waals surface area (Å²) >= 11 is 0. The molecule has 0 unspecified atom stereocenters. The highest BCUT2D eigenvalue weighted by atomic mass is 16.2. The Morgan fingerprint density at radius 2 is 2.09 bits per heavy atom. The van der Waals surface area contributed by atoms with Crippen molar-refractivity contribution in [1.82, 2.24) is 15.5 Å². The van der Waals surface area contributed by atoms with Gasteiger partial charge in [0.25, 0.3) is 5.91 Å². The van der Waals surface area contributed by atoms with Crippen LogP contribution in [0.25, 0.3) is 0 Å². The zero-order chi connectivity index (χ0) is 16.6. The molecular formula is C17H21N3O3. The van der Waals surface area contributed by atoms with Gasteiger partial charge in [-0.15, -0.1) is 0 Å². The van der Waals surface area contributed by atoms with E-state index < -0.39 is 11.6 Å². The summed E-state index contributed by atoms with van der Waals surface area (Å²) in [6.45, 7) is 3.01. The van der Waals surface area contributed by atoms with Gasteiger partial charge in [-0.1, -0.05) is 24.3 Å². The van der Waals surface area contributed by atoms with Crippen molar-refractivity contribution in [2.75, 3.05) is 6.54 Å². The number of fused-ring (bicyclic) bond motifs is 1. The van der Waals surface area contributed by atoms with Gasteiger partial charge in [-0.25, -0.2) is 4.79 Å². The Labute approximate surface area is 135 Å². The van der Waals surface area contributed by atoms with E-state index >= 15 is 0 Å². The van der Waals surface area contributed by atoms with Gasteiger partial charge in [0, 0.05) is 0 Å². The fourth-order valence-corrected chi connectivity index (χ4v) is 3.25. The minimum atomic E-state index is -0.950. The second-order valence-electron chi connectivity index (χ2n) is 6.66. The highest BCUT2D eigenvalue weighted by molar-refractivity contribution is 6.08. The van der Waals surface area contributed by atoms with E-state index in [0.29, 0.717) is 0 Å². The van der Waals surface area contributed by atoms with Gasteiger partial charge < -0.3 is 10.6 Å². The van der Waals surface area contributed by atoms with Crippen LogP contribution in [0.15, 0.2) is 24.3 Å². The lowest BCUT2D eigenvalue weighted by molar-refractivity contribution is -0.134. The molecule has 1 fully saturated rings. The fourth-order valence-electron chi connectivity index (χ4n) is 3.25. The second-order valence-corrected chi connectivity index (χ2v) is 6.66. The third-order valence-electron chi connectivity index (χ3n) is 4.45. The van der Waals surface area contributed by atoms with Crippen molar-refractivity contribution in [3.63, 3.8) is 0 Å². The summed E-state index contributed by atoms with van der Waals surface area (Å²) in [6, 6.07) is 7.49. The number of urea groups is 1. The van der Waals surface area contributed by atoms with Gasteiger partial charge in [-0.2, -0.15) is 0 Å². The molecule has 1 aliphatic heterocycles. The predicted molar refractivity (Wildman–Crippen MR) is 84.6 cm³/mol. The van der Waals surface area contributed by atoms with E-state index in [9.17, 15) is 14.4 Å². The molecule has 6 heteroatoms. The monoisotopic (exact) mass is 315 g/mol. The topological polar surface area (TPSA) is 78.5 Å². The molecule has 1 aromatic carbocycles. The van der Waals surface area contributed by atoms with Crippen molar-refractivity contribution in [3.8, 4) is 0 Å². The van der Waals surface area contributed by atoms with Gasteiger partial charge in [-0.05, 0) is 44.2 Å². The van der Waals surface area contributed by atoms with Gasteiger partial charge >= 0.3 is 6.03 Å². The Balaban J connectivity index is 1.67. The van der Waals surface area contributed by atoms with Crippen molar-refractivity contribution in [2.24, 2.45) is 0 Å². The molecule has 122 valence electrons. The highest BCUT2D eigenvalue weighted by Crippen LogP contribution is 2.29. The van der Waals surface area contributed by atoms with Crippen molar-refractivity contribution < 1.29 is 14.4 Å². The van der Waals surface area contributed by atoms with Gasteiger partial charge in [0.1, 0.15) is 12.1 Å². The molecule has 2 aliphatic rings. The molecular weight excluding hydrogens is 294 g/mol. The first-order chi connectivity index (χ1) is 10.9.